The summed E-state index contributed by atoms with van der Waals surface area (Å²) in [6, 6.07) is 1.69. The van der Waals surface area contributed by atoms with Crippen LogP contribution in [0.1, 0.15) is 36.9 Å². The van der Waals surface area contributed by atoms with Gasteiger partial charge in [-0.25, -0.2) is 18.4 Å². The van der Waals surface area contributed by atoms with Crippen molar-refractivity contribution in [2.75, 3.05) is 0 Å². The van der Waals surface area contributed by atoms with E-state index in [2.05, 4.69) is 5.32 Å². The Labute approximate surface area is 130 Å². The summed E-state index contributed by atoms with van der Waals surface area (Å²) in [5.41, 5.74) is -1.48. The van der Waals surface area contributed by atoms with Gasteiger partial charge in [0.1, 0.15) is 16.9 Å². The van der Waals surface area contributed by atoms with E-state index in [-0.39, 0.29) is 23.3 Å². The van der Waals surface area contributed by atoms with Gasteiger partial charge in [0, 0.05) is 0 Å². The van der Waals surface area contributed by atoms with Crippen LogP contribution in [0.3, 0.4) is 0 Å². The molecule has 0 spiro atoms. The van der Waals surface area contributed by atoms with Gasteiger partial charge in [0.2, 0.25) is 0 Å². The second kappa shape index (κ2) is 5.86. The lowest BCUT2D eigenvalue weighted by Crippen LogP contribution is -2.32. The first-order valence-electron chi connectivity index (χ1n) is 6.69. The molecule has 2 rings (SSSR count). The lowest BCUT2D eigenvalue weighted by molar-refractivity contribution is 0.0519. The fourth-order valence-electron chi connectivity index (χ4n) is 1.91. The number of fused-ring (bicyclic) bond motifs is 1. The van der Waals surface area contributed by atoms with Crippen molar-refractivity contribution in [3.63, 3.8) is 0 Å². The Kier molecular flexibility index (Phi) is 4.26. The molecule has 6 nitrogen and oxygen atoms in total. The van der Waals surface area contributed by atoms with Crippen molar-refractivity contribution in [1.29, 1.82) is 0 Å². The average molecular weight is 327 g/mol. The Morgan fingerprint density at radius 2 is 1.96 bits per heavy atom. The van der Waals surface area contributed by atoms with Crippen LogP contribution >= 0.6 is 0 Å². The van der Waals surface area contributed by atoms with E-state index in [0.717, 1.165) is 6.07 Å². The molecule has 0 aliphatic carbocycles. The summed E-state index contributed by atoms with van der Waals surface area (Å²) in [7, 11) is 0. The third-order valence-electron chi connectivity index (χ3n) is 2.78. The zero-order valence-corrected chi connectivity index (χ0v) is 12.7. The molecule has 1 aromatic heterocycles. The van der Waals surface area contributed by atoms with Crippen LogP contribution in [0.15, 0.2) is 16.5 Å². The van der Waals surface area contributed by atoms with Crippen LogP contribution in [0.5, 0.6) is 0 Å². The smallest absolute Gasteiger partial charge is 0.408 e. The van der Waals surface area contributed by atoms with E-state index in [1.54, 1.807) is 20.8 Å². The predicted molar refractivity (Wildman–Crippen MR) is 76.2 cm³/mol. The number of carbonyl (C=O) groups is 2. The molecule has 0 saturated heterocycles. The third kappa shape index (κ3) is 3.77. The minimum atomic E-state index is -1.45. The lowest BCUT2D eigenvalue weighted by atomic mass is 10.1. The molecule has 1 aromatic carbocycles. The lowest BCUT2D eigenvalue weighted by Gasteiger charge is -2.19. The van der Waals surface area contributed by atoms with E-state index in [4.69, 9.17) is 14.3 Å². The first kappa shape index (κ1) is 16.7. The van der Waals surface area contributed by atoms with Gasteiger partial charge >= 0.3 is 12.1 Å². The van der Waals surface area contributed by atoms with Crippen molar-refractivity contribution in [3.8, 4) is 0 Å². The maximum atomic E-state index is 13.7. The van der Waals surface area contributed by atoms with Gasteiger partial charge in [-0.2, -0.15) is 0 Å². The Bertz CT molecular complexity index is 776. The summed E-state index contributed by atoms with van der Waals surface area (Å²) in [5.74, 6) is -3.88. The van der Waals surface area contributed by atoms with Crippen LogP contribution in [0.25, 0.3) is 11.0 Å². The van der Waals surface area contributed by atoms with Gasteiger partial charge in [-0.3, -0.25) is 0 Å². The van der Waals surface area contributed by atoms with Gasteiger partial charge in [-0.05, 0) is 32.9 Å². The molecule has 1 heterocycles. The fraction of sp³-hybridized carbons (Fsp3) is 0.333. The molecule has 8 heteroatoms. The summed E-state index contributed by atoms with van der Waals surface area (Å²) >= 11 is 0. The number of nitrogens with one attached hydrogen (secondary N) is 1. The molecule has 2 aromatic rings. The number of halogens is 2. The second-order valence-corrected chi connectivity index (χ2v) is 5.84. The van der Waals surface area contributed by atoms with Crippen LogP contribution in [-0.2, 0) is 11.3 Å². The number of alkyl carbamates (subject to hydrolysis) is 1. The normalized spacial score (nSPS) is 11.5. The van der Waals surface area contributed by atoms with Crippen molar-refractivity contribution in [2.45, 2.75) is 32.9 Å². The number of amides is 1. The van der Waals surface area contributed by atoms with E-state index in [0.29, 0.717) is 6.07 Å². The Hall–Kier alpha value is -2.64. The minimum absolute atomic E-state index is 0.0675. The highest BCUT2D eigenvalue weighted by Gasteiger charge is 2.21. The van der Waals surface area contributed by atoms with E-state index in [1.807, 2.05) is 0 Å². The second-order valence-electron chi connectivity index (χ2n) is 5.84. The molecule has 23 heavy (non-hydrogen) atoms. The van der Waals surface area contributed by atoms with Gasteiger partial charge in [0.15, 0.2) is 17.2 Å². The standard InChI is InChI=1S/C15H15F2NO5/c1-15(2,3)23-14(21)18-6-7-4-8-11(17)10(16)5-9(13(19)20)12(8)22-7/h4-5H,6H2,1-3H3,(H,18,21)(H,19,20). The highest BCUT2D eigenvalue weighted by Crippen LogP contribution is 2.28. The highest BCUT2D eigenvalue weighted by molar-refractivity contribution is 6.01. The molecule has 0 saturated carbocycles. The van der Waals surface area contributed by atoms with Crippen molar-refractivity contribution >= 4 is 23.0 Å². The first-order chi connectivity index (χ1) is 10.6. The summed E-state index contributed by atoms with van der Waals surface area (Å²) in [6.07, 6.45) is -0.719. The van der Waals surface area contributed by atoms with Crippen LogP contribution in [0, 0.1) is 11.6 Å². The van der Waals surface area contributed by atoms with Crippen molar-refractivity contribution < 1.29 is 32.6 Å². The summed E-state index contributed by atoms with van der Waals surface area (Å²) in [5, 5.41) is 11.1. The topological polar surface area (TPSA) is 88.8 Å². The Balaban J connectivity index is 2.27. The molecule has 2 N–H and O–H groups in total. The number of ether oxygens (including phenoxy) is 1. The van der Waals surface area contributed by atoms with E-state index >= 15 is 0 Å². The number of hydrogen-bond acceptors (Lipinski definition) is 4. The molecule has 0 aliphatic rings. The SMILES string of the molecule is CC(C)(C)OC(=O)NCc1cc2c(F)c(F)cc(C(=O)O)c2o1. The van der Waals surface area contributed by atoms with E-state index < -0.39 is 34.9 Å². The number of carboxylic acids is 1. The van der Waals surface area contributed by atoms with Crippen LogP contribution < -0.4 is 5.32 Å². The van der Waals surface area contributed by atoms with Gasteiger partial charge in [0.25, 0.3) is 0 Å². The number of rotatable bonds is 3. The van der Waals surface area contributed by atoms with Gasteiger partial charge in [-0.15, -0.1) is 0 Å². The highest BCUT2D eigenvalue weighted by atomic mass is 19.2. The molecule has 124 valence electrons. The molecule has 1 amide bonds. The maximum absolute atomic E-state index is 13.7. The number of benzene rings is 1. The maximum Gasteiger partial charge on any atom is 0.408 e. The molecule has 0 unspecified atom stereocenters. The molecule has 0 fully saturated rings. The first-order valence-corrected chi connectivity index (χ1v) is 6.69. The van der Waals surface area contributed by atoms with Gasteiger partial charge in [-0.1, -0.05) is 0 Å². The average Bonchev–Trinajstić information content (AvgIpc) is 2.82. The van der Waals surface area contributed by atoms with Crippen molar-refractivity contribution in [2.24, 2.45) is 0 Å². The molecular formula is C15H15F2NO5. The number of aromatic carboxylic acids is 1. The summed E-state index contributed by atoms with van der Waals surface area (Å²) in [4.78, 5) is 22.6. The van der Waals surface area contributed by atoms with Gasteiger partial charge in [0.05, 0.1) is 11.9 Å². The quantitative estimate of drug-likeness (QED) is 0.901. The summed E-state index contributed by atoms with van der Waals surface area (Å²) < 4.78 is 37.4. The number of furan rings is 1. The largest absolute Gasteiger partial charge is 0.478 e. The molecule has 0 radical (unpaired) electrons. The molecule has 0 atom stereocenters. The molecular weight excluding hydrogens is 312 g/mol. The van der Waals surface area contributed by atoms with Crippen LogP contribution in [0.2, 0.25) is 0 Å². The number of carboxylic acid groups (broad SMARTS) is 1. The number of hydrogen-bond donors (Lipinski definition) is 2. The minimum Gasteiger partial charge on any atom is -0.478 e. The van der Waals surface area contributed by atoms with Crippen molar-refractivity contribution in [1.82, 2.24) is 5.32 Å². The number of carbonyl (C=O) groups excluding carboxylic acids is 1. The van der Waals surface area contributed by atoms with Crippen LogP contribution in [0.4, 0.5) is 13.6 Å². The predicted octanol–water partition coefficient (Wildman–Crippen LogP) is 3.43. The monoisotopic (exact) mass is 327 g/mol. The fourth-order valence-corrected chi connectivity index (χ4v) is 1.91. The zero-order chi connectivity index (χ0) is 17.4. The summed E-state index contributed by atoms with van der Waals surface area (Å²) in [6.45, 7) is 4.89. The van der Waals surface area contributed by atoms with Gasteiger partial charge < -0.3 is 19.6 Å². The zero-order valence-electron chi connectivity index (χ0n) is 12.7. The third-order valence-corrected chi connectivity index (χ3v) is 2.78. The molecule has 0 aliphatic heterocycles. The Morgan fingerprint density at radius 3 is 2.52 bits per heavy atom. The van der Waals surface area contributed by atoms with Crippen LogP contribution in [-0.4, -0.2) is 22.8 Å². The van der Waals surface area contributed by atoms with E-state index in [9.17, 15) is 18.4 Å². The van der Waals surface area contributed by atoms with E-state index in [1.165, 1.54) is 0 Å². The Morgan fingerprint density at radius 1 is 1.30 bits per heavy atom. The molecule has 0 bridgehead atoms. The van der Waals surface area contributed by atoms with Crippen molar-refractivity contribution in [3.05, 3.63) is 35.1 Å².